The van der Waals surface area contributed by atoms with E-state index in [0.717, 1.165) is 18.4 Å². The van der Waals surface area contributed by atoms with Crippen LogP contribution in [0.4, 0.5) is 0 Å². The van der Waals surface area contributed by atoms with Gasteiger partial charge in [-0.2, -0.15) is 0 Å². The predicted octanol–water partition coefficient (Wildman–Crippen LogP) is 1.49. The third-order valence-electron chi connectivity index (χ3n) is 4.01. The average Bonchev–Trinajstić information content (AvgIpc) is 3.04. The fraction of sp³-hybridized carbons (Fsp3) is 0.400. The van der Waals surface area contributed by atoms with E-state index >= 15 is 0 Å². The van der Waals surface area contributed by atoms with Crippen LogP contribution >= 0.6 is 0 Å². The maximum absolute atomic E-state index is 12.1. The van der Waals surface area contributed by atoms with Crippen LogP contribution in [0.5, 0.6) is 0 Å². The molecule has 2 aromatic rings. The van der Waals surface area contributed by atoms with Crippen LogP contribution in [-0.2, 0) is 10.0 Å². The number of rotatable bonds is 4. The summed E-state index contributed by atoms with van der Waals surface area (Å²) in [5.41, 5.74) is 1.40. The van der Waals surface area contributed by atoms with Gasteiger partial charge in [-0.25, -0.2) is 13.1 Å². The monoisotopic (exact) mass is 321 g/mol. The molecule has 2 unspecified atom stereocenters. The number of H-pyrrole nitrogens is 1. The van der Waals surface area contributed by atoms with Crippen molar-refractivity contribution in [3.63, 3.8) is 0 Å². The molecule has 0 saturated heterocycles. The Balaban J connectivity index is 1.79. The molecule has 1 aromatic heterocycles. The van der Waals surface area contributed by atoms with Gasteiger partial charge in [0.25, 0.3) is 5.56 Å². The van der Waals surface area contributed by atoms with Gasteiger partial charge >= 0.3 is 0 Å². The quantitative estimate of drug-likeness (QED) is 0.895. The highest BCUT2D eigenvalue weighted by molar-refractivity contribution is 7.88. The largest absolute Gasteiger partial charge is 0.289 e. The number of hydrogen-bond donors (Lipinski definition) is 2. The first-order valence-corrected chi connectivity index (χ1v) is 9.15. The topological polar surface area (TPSA) is 84.0 Å². The molecule has 6 nitrogen and oxygen atoms in total. The number of benzene rings is 1. The van der Waals surface area contributed by atoms with Gasteiger partial charge in [-0.3, -0.25) is 14.6 Å². The van der Waals surface area contributed by atoms with E-state index in [9.17, 15) is 13.2 Å². The Morgan fingerprint density at radius 3 is 2.64 bits per heavy atom. The van der Waals surface area contributed by atoms with Gasteiger partial charge in [0.05, 0.1) is 17.9 Å². The lowest BCUT2D eigenvalue weighted by Gasteiger charge is -2.13. The molecule has 1 heterocycles. The maximum Gasteiger partial charge on any atom is 0.271 e. The SMILES string of the molecule is CS(=O)(=O)NC1CCC(n2cc(-c3ccccc3)c(=O)[nH]2)C1. The van der Waals surface area contributed by atoms with Crippen LogP contribution in [0.25, 0.3) is 11.1 Å². The second-order valence-electron chi connectivity index (χ2n) is 5.81. The Labute approximate surface area is 129 Å². The number of aromatic nitrogens is 2. The Kier molecular flexibility index (Phi) is 3.92. The first kappa shape index (κ1) is 15.1. The third kappa shape index (κ3) is 3.31. The van der Waals surface area contributed by atoms with Crippen molar-refractivity contribution in [3.05, 3.63) is 46.9 Å². The normalized spacial score (nSPS) is 22.0. The van der Waals surface area contributed by atoms with E-state index in [0.29, 0.717) is 12.0 Å². The first-order chi connectivity index (χ1) is 10.4. The van der Waals surface area contributed by atoms with Gasteiger partial charge in [0, 0.05) is 12.2 Å². The van der Waals surface area contributed by atoms with Gasteiger partial charge < -0.3 is 0 Å². The highest BCUT2D eigenvalue weighted by atomic mass is 32.2. The molecule has 1 aliphatic carbocycles. The fourth-order valence-corrected chi connectivity index (χ4v) is 3.87. The number of nitrogens with one attached hydrogen (secondary N) is 2. The van der Waals surface area contributed by atoms with Crippen LogP contribution in [0.15, 0.2) is 41.3 Å². The number of nitrogens with zero attached hydrogens (tertiary/aromatic N) is 1. The number of aromatic amines is 1. The minimum Gasteiger partial charge on any atom is -0.289 e. The number of sulfonamides is 1. The van der Waals surface area contributed by atoms with Gasteiger partial charge in [-0.15, -0.1) is 0 Å². The molecule has 2 N–H and O–H groups in total. The van der Waals surface area contributed by atoms with Crippen LogP contribution in [0.1, 0.15) is 25.3 Å². The second-order valence-corrected chi connectivity index (χ2v) is 7.59. The lowest BCUT2D eigenvalue weighted by molar-refractivity contribution is 0.453. The summed E-state index contributed by atoms with van der Waals surface area (Å²) in [6, 6.07) is 9.56. The fourth-order valence-electron chi connectivity index (χ4n) is 3.05. The molecular formula is C15H19N3O3S. The molecule has 22 heavy (non-hydrogen) atoms. The summed E-state index contributed by atoms with van der Waals surface area (Å²) in [5, 5.41) is 2.85. The van der Waals surface area contributed by atoms with Gasteiger partial charge in [0.2, 0.25) is 10.0 Å². The summed E-state index contributed by atoms with van der Waals surface area (Å²) < 4.78 is 27.0. The van der Waals surface area contributed by atoms with Crippen molar-refractivity contribution in [2.24, 2.45) is 0 Å². The van der Waals surface area contributed by atoms with Crippen molar-refractivity contribution in [2.75, 3.05) is 6.26 Å². The highest BCUT2D eigenvalue weighted by Gasteiger charge is 2.28. The minimum absolute atomic E-state index is 0.0638. The summed E-state index contributed by atoms with van der Waals surface area (Å²) in [6.45, 7) is 0. The van der Waals surface area contributed by atoms with Gasteiger partial charge in [0.1, 0.15) is 0 Å². The maximum atomic E-state index is 12.1. The summed E-state index contributed by atoms with van der Waals surface area (Å²) in [4.78, 5) is 12.1. The summed E-state index contributed by atoms with van der Waals surface area (Å²) in [5.74, 6) is 0. The van der Waals surface area contributed by atoms with E-state index in [2.05, 4.69) is 9.82 Å². The van der Waals surface area contributed by atoms with Crippen molar-refractivity contribution in [2.45, 2.75) is 31.3 Å². The van der Waals surface area contributed by atoms with E-state index in [1.54, 1.807) is 0 Å². The van der Waals surface area contributed by atoms with Gasteiger partial charge in [-0.05, 0) is 24.8 Å². The minimum atomic E-state index is -3.19. The smallest absolute Gasteiger partial charge is 0.271 e. The van der Waals surface area contributed by atoms with Crippen LogP contribution < -0.4 is 10.3 Å². The molecule has 0 bridgehead atoms. The van der Waals surface area contributed by atoms with E-state index in [1.165, 1.54) is 6.26 Å². The lowest BCUT2D eigenvalue weighted by Crippen LogP contribution is -2.32. The third-order valence-corrected chi connectivity index (χ3v) is 4.77. The molecule has 1 aromatic carbocycles. The molecule has 1 fully saturated rings. The predicted molar refractivity (Wildman–Crippen MR) is 85.1 cm³/mol. The zero-order valence-corrected chi connectivity index (χ0v) is 13.1. The molecule has 7 heteroatoms. The van der Waals surface area contributed by atoms with E-state index in [-0.39, 0.29) is 17.6 Å². The number of hydrogen-bond acceptors (Lipinski definition) is 3. The molecule has 118 valence electrons. The van der Waals surface area contributed by atoms with Crippen LogP contribution in [0, 0.1) is 0 Å². The Bertz CT molecular complexity index is 808. The first-order valence-electron chi connectivity index (χ1n) is 7.26. The van der Waals surface area contributed by atoms with E-state index in [4.69, 9.17) is 0 Å². The van der Waals surface area contributed by atoms with Crippen molar-refractivity contribution >= 4 is 10.0 Å². The molecule has 0 radical (unpaired) electrons. The van der Waals surface area contributed by atoms with E-state index in [1.807, 2.05) is 41.2 Å². The van der Waals surface area contributed by atoms with Crippen LogP contribution in [0.2, 0.25) is 0 Å². The highest BCUT2D eigenvalue weighted by Crippen LogP contribution is 2.30. The summed E-state index contributed by atoms with van der Waals surface area (Å²) in [6.07, 6.45) is 5.30. The van der Waals surface area contributed by atoms with Crippen molar-refractivity contribution in [3.8, 4) is 11.1 Å². The van der Waals surface area contributed by atoms with Crippen molar-refractivity contribution in [1.82, 2.24) is 14.5 Å². The molecule has 2 atom stereocenters. The Morgan fingerprint density at radius 2 is 1.95 bits per heavy atom. The lowest BCUT2D eigenvalue weighted by atomic mass is 10.1. The molecule has 1 aliphatic rings. The zero-order valence-electron chi connectivity index (χ0n) is 12.3. The van der Waals surface area contributed by atoms with Crippen molar-refractivity contribution < 1.29 is 8.42 Å². The molecule has 0 amide bonds. The Morgan fingerprint density at radius 1 is 1.23 bits per heavy atom. The molecule has 0 aliphatic heterocycles. The molecular weight excluding hydrogens is 302 g/mol. The van der Waals surface area contributed by atoms with Gasteiger partial charge in [0.15, 0.2) is 0 Å². The van der Waals surface area contributed by atoms with Crippen molar-refractivity contribution in [1.29, 1.82) is 0 Å². The van der Waals surface area contributed by atoms with Crippen LogP contribution in [-0.4, -0.2) is 30.5 Å². The molecule has 3 rings (SSSR count). The standard InChI is InChI=1S/C15H19N3O3S/c1-22(20,21)17-12-7-8-13(9-12)18-10-14(15(19)16-18)11-5-3-2-4-6-11/h2-6,10,12-13,17H,7-9H2,1H3,(H,16,19). The second kappa shape index (κ2) is 5.73. The molecule has 0 spiro atoms. The van der Waals surface area contributed by atoms with Crippen LogP contribution in [0.3, 0.4) is 0 Å². The average molecular weight is 321 g/mol. The Hall–Kier alpha value is -1.86. The summed E-state index contributed by atoms with van der Waals surface area (Å²) >= 11 is 0. The molecule has 1 saturated carbocycles. The van der Waals surface area contributed by atoms with E-state index < -0.39 is 10.0 Å². The zero-order chi connectivity index (χ0) is 15.7. The van der Waals surface area contributed by atoms with Gasteiger partial charge in [-0.1, -0.05) is 30.3 Å². The summed E-state index contributed by atoms with van der Waals surface area (Å²) in [7, 11) is -3.19.